The number of amides is 1. The average Bonchev–Trinajstić information content (AvgIpc) is 3.02. The van der Waals surface area contributed by atoms with E-state index in [9.17, 15) is 18.0 Å². The molecule has 1 amide bonds. The largest absolute Gasteiger partial charge is 0.480 e. The molecule has 7 nitrogen and oxygen atoms in total. The molecule has 0 aromatic rings. The zero-order valence-electron chi connectivity index (χ0n) is 11.9. The highest BCUT2D eigenvalue weighted by Crippen LogP contribution is 2.21. The highest BCUT2D eigenvalue weighted by atomic mass is 32.2. The minimum absolute atomic E-state index is 0.0206. The van der Waals surface area contributed by atoms with Crippen LogP contribution in [0, 0.1) is 0 Å². The first-order valence-electron chi connectivity index (χ1n) is 7.21. The number of rotatable bonds is 6. The van der Waals surface area contributed by atoms with Gasteiger partial charge in [-0.2, -0.15) is 0 Å². The third kappa shape index (κ3) is 4.67. The van der Waals surface area contributed by atoms with E-state index in [0.717, 1.165) is 12.8 Å². The van der Waals surface area contributed by atoms with Crippen molar-refractivity contribution in [3.63, 3.8) is 0 Å². The number of hydrogen-bond donors (Lipinski definition) is 1. The molecule has 2 unspecified atom stereocenters. The van der Waals surface area contributed by atoms with Crippen LogP contribution in [-0.2, 0) is 24.2 Å². The predicted molar refractivity (Wildman–Crippen MR) is 74.6 cm³/mol. The summed E-state index contributed by atoms with van der Waals surface area (Å²) < 4.78 is 28.5. The summed E-state index contributed by atoms with van der Waals surface area (Å²) in [6.07, 6.45) is 3.06. The molecule has 1 N–H and O–H groups in total. The summed E-state index contributed by atoms with van der Waals surface area (Å²) in [6.45, 7) is 0.267. The molecule has 21 heavy (non-hydrogen) atoms. The summed E-state index contributed by atoms with van der Waals surface area (Å²) in [4.78, 5) is 24.4. The number of ether oxygens (including phenoxy) is 1. The normalized spacial score (nSPS) is 27.6. The van der Waals surface area contributed by atoms with Gasteiger partial charge in [0.2, 0.25) is 5.91 Å². The van der Waals surface area contributed by atoms with Crippen molar-refractivity contribution in [1.29, 1.82) is 0 Å². The highest BCUT2D eigenvalue weighted by molar-refractivity contribution is 7.91. The maximum atomic E-state index is 12.2. The number of carboxylic acids is 1. The van der Waals surface area contributed by atoms with Gasteiger partial charge in [0.1, 0.15) is 6.54 Å². The number of carbonyl (C=O) groups excluding carboxylic acids is 1. The Labute approximate surface area is 124 Å². The minimum atomic E-state index is -3.15. The van der Waals surface area contributed by atoms with Crippen molar-refractivity contribution in [3.05, 3.63) is 0 Å². The fourth-order valence-electron chi connectivity index (χ4n) is 2.89. The lowest BCUT2D eigenvalue weighted by Gasteiger charge is -2.27. The molecule has 0 bridgehead atoms. The number of sulfone groups is 1. The first-order chi connectivity index (χ1) is 9.87. The van der Waals surface area contributed by atoms with E-state index in [1.807, 2.05) is 0 Å². The molecule has 2 saturated heterocycles. The van der Waals surface area contributed by atoms with Gasteiger partial charge in [0.25, 0.3) is 0 Å². The first-order valence-corrected chi connectivity index (χ1v) is 9.03. The minimum Gasteiger partial charge on any atom is -0.480 e. The molecule has 0 aromatic carbocycles. The summed E-state index contributed by atoms with van der Waals surface area (Å²) in [7, 11) is -3.15. The molecule has 8 heteroatoms. The maximum Gasteiger partial charge on any atom is 0.323 e. The van der Waals surface area contributed by atoms with E-state index in [2.05, 4.69) is 0 Å². The Morgan fingerprint density at radius 3 is 2.57 bits per heavy atom. The van der Waals surface area contributed by atoms with Crippen LogP contribution < -0.4 is 0 Å². The van der Waals surface area contributed by atoms with Gasteiger partial charge < -0.3 is 14.7 Å². The van der Waals surface area contributed by atoms with Crippen molar-refractivity contribution in [2.45, 2.75) is 44.2 Å². The summed E-state index contributed by atoms with van der Waals surface area (Å²) in [5.41, 5.74) is 0. The van der Waals surface area contributed by atoms with Gasteiger partial charge in [-0.25, -0.2) is 8.42 Å². The number of carboxylic acid groups (broad SMARTS) is 1. The molecule has 2 heterocycles. The van der Waals surface area contributed by atoms with Crippen LogP contribution >= 0.6 is 0 Å². The predicted octanol–water partition coefficient (Wildman–Crippen LogP) is 0.0459. The van der Waals surface area contributed by atoms with Crippen molar-refractivity contribution in [3.8, 4) is 0 Å². The Kier molecular flexibility index (Phi) is 5.21. The quantitative estimate of drug-likeness (QED) is 0.742. The first kappa shape index (κ1) is 16.2. The Morgan fingerprint density at radius 1 is 1.29 bits per heavy atom. The fourth-order valence-corrected chi connectivity index (χ4v) is 4.62. The Bertz CT molecular complexity index is 497. The molecule has 2 fully saturated rings. The lowest BCUT2D eigenvalue weighted by atomic mass is 10.1. The van der Waals surface area contributed by atoms with Crippen LogP contribution in [0.5, 0.6) is 0 Å². The summed E-state index contributed by atoms with van der Waals surface area (Å²) >= 11 is 0. The van der Waals surface area contributed by atoms with Gasteiger partial charge in [-0.1, -0.05) is 0 Å². The average molecular weight is 319 g/mol. The van der Waals surface area contributed by atoms with E-state index in [1.165, 1.54) is 4.90 Å². The van der Waals surface area contributed by atoms with E-state index in [0.29, 0.717) is 19.4 Å². The third-order valence-corrected chi connectivity index (χ3v) is 5.73. The van der Waals surface area contributed by atoms with E-state index in [1.54, 1.807) is 0 Å². The van der Waals surface area contributed by atoms with Gasteiger partial charge in [-0.15, -0.1) is 0 Å². The van der Waals surface area contributed by atoms with Crippen LogP contribution in [0.25, 0.3) is 0 Å². The molecule has 2 aliphatic rings. The Hall–Kier alpha value is -1.15. The maximum absolute atomic E-state index is 12.2. The van der Waals surface area contributed by atoms with Gasteiger partial charge >= 0.3 is 5.97 Å². The van der Waals surface area contributed by atoms with Gasteiger partial charge in [-0.05, 0) is 25.7 Å². The lowest BCUT2D eigenvalue weighted by Crippen LogP contribution is -2.44. The van der Waals surface area contributed by atoms with Crippen LogP contribution in [0.2, 0.25) is 0 Å². The molecular weight excluding hydrogens is 298 g/mol. The van der Waals surface area contributed by atoms with Gasteiger partial charge in [-0.3, -0.25) is 9.59 Å². The van der Waals surface area contributed by atoms with E-state index >= 15 is 0 Å². The van der Waals surface area contributed by atoms with Crippen LogP contribution in [0.3, 0.4) is 0 Å². The zero-order valence-corrected chi connectivity index (χ0v) is 12.7. The molecule has 0 radical (unpaired) electrons. The Balaban J connectivity index is 1.94. The fraction of sp³-hybridized carbons (Fsp3) is 0.846. The van der Waals surface area contributed by atoms with Crippen LogP contribution in [0.1, 0.15) is 32.1 Å². The van der Waals surface area contributed by atoms with E-state index in [-0.39, 0.29) is 29.9 Å². The van der Waals surface area contributed by atoms with Crippen LogP contribution in [-0.4, -0.2) is 67.1 Å². The second-order valence-corrected chi connectivity index (χ2v) is 7.87. The van der Waals surface area contributed by atoms with Gasteiger partial charge in [0.05, 0.1) is 17.6 Å². The number of carbonyl (C=O) groups is 2. The van der Waals surface area contributed by atoms with Crippen molar-refractivity contribution < 1.29 is 27.9 Å². The van der Waals surface area contributed by atoms with Crippen LogP contribution in [0.15, 0.2) is 0 Å². The molecule has 0 spiro atoms. The standard InChI is InChI=1S/C13H21NO6S/c15-12(4-3-11-2-1-6-20-11)14(8-13(16)17)10-5-7-21(18,19)9-10/h10-11H,1-9H2,(H,16,17). The second-order valence-electron chi connectivity index (χ2n) is 5.65. The number of hydrogen-bond acceptors (Lipinski definition) is 5. The van der Waals surface area contributed by atoms with Crippen molar-refractivity contribution in [1.82, 2.24) is 4.90 Å². The van der Waals surface area contributed by atoms with Crippen molar-refractivity contribution >= 4 is 21.7 Å². The van der Waals surface area contributed by atoms with Crippen LogP contribution in [0.4, 0.5) is 0 Å². The SMILES string of the molecule is O=C(O)CN(C(=O)CCC1CCCO1)C1CCS(=O)(=O)C1. The molecule has 0 aromatic heterocycles. The highest BCUT2D eigenvalue weighted by Gasteiger charge is 2.35. The third-order valence-electron chi connectivity index (χ3n) is 3.98. The van der Waals surface area contributed by atoms with Gasteiger partial charge in [0, 0.05) is 19.1 Å². The number of nitrogens with zero attached hydrogens (tertiary/aromatic N) is 1. The van der Waals surface area contributed by atoms with Crippen molar-refractivity contribution in [2.75, 3.05) is 24.7 Å². The van der Waals surface area contributed by atoms with Gasteiger partial charge in [0.15, 0.2) is 9.84 Å². The summed E-state index contributed by atoms with van der Waals surface area (Å²) in [6, 6.07) is -0.511. The molecule has 2 aliphatic heterocycles. The van der Waals surface area contributed by atoms with E-state index in [4.69, 9.17) is 9.84 Å². The monoisotopic (exact) mass is 319 g/mol. The summed E-state index contributed by atoms with van der Waals surface area (Å²) in [5, 5.41) is 8.93. The molecule has 120 valence electrons. The second kappa shape index (κ2) is 6.74. The molecule has 2 rings (SSSR count). The van der Waals surface area contributed by atoms with E-state index < -0.39 is 28.4 Å². The molecule has 0 aliphatic carbocycles. The topological polar surface area (TPSA) is 101 Å². The van der Waals surface area contributed by atoms with Crippen molar-refractivity contribution in [2.24, 2.45) is 0 Å². The lowest BCUT2D eigenvalue weighted by molar-refractivity contribution is -0.146. The zero-order chi connectivity index (χ0) is 15.5. The summed E-state index contributed by atoms with van der Waals surface area (Å²) in [5.74, 6) is -1.53. The Morgan fingerprint density at radius 2 is 2.05 bits per heavy atom. The molecule has 2 atom stereocenters. The number of aliphatic carboxylic acids is 1. The molecule has 0 saturated carbocycles. The molecular formula is C13H21NO6S. The smallest absolute Gasteiger partial charge is 0.323 e.